The van der Waals surface area contributed by atoms with Crippen LogP contribution in [0.5, 0.6) is 0 Å². The highest BCUT2D eigenvalue weighted by Gasteiger charge is 1.99. The maximum atomic E-state index is 8.67. The second-order valence-corrected chi connectivity index (χ2v) is 4.23. The molecular formula is C11H10N4S. The number of nitrogens with zero attached hydrogens (tertiary/aromatic N) is 3. The topological polar surface area (TPSA) is 61.6 Å². The molecule has 2 aromatic rings. The smallest absolute Gasteiger partial charge is 0.100 e. The molecule has 0 unspecified atom stereocenters. The fourth-order valence-corrected chi connectivity index (χ4v) is 2.05. The summed E-state index contributed by atoms with van der Waals surface area (Å²) < 4.78 is 0. The Kier molecular flexibility index (Phi) is 3.59. The van der Waals surface area contributed by atoms with E-state index in [4.69, 9.17) is 5.26 Å². The number of nitriles is 1. The van der Waals surface area contributed by atoms with Crippen molar-refractivity contribution in [3.8, 4) is 6.07 Å². The highest BCUT2D eigenvalue weighted by atomic mass is 32.1. The average Bonchev–Trinajstić information content (AvgIpc) is 2.78. The van der Waals surface area contributed by atoms with Crippen molar-refractivity contribution in [1.29, 1.82) is 5.26 Å². The summed E-state index contributed by atoms with van der Waals surface area (Å²) in [5.41, 5.74) is 1.64. The largest absolute Gasteiger partial charge is 0.306 e. The lowest BCUT2D eigenvalue weighted by atomic mass is 10.3. The van der Waals surface area contributed by atoms with Gasteiger partial charge >= 0.3 is 0 Å². The zero-order valence-electron chi connectivity index (χ0n) is 8.55. The Bertz CT molecular complexity index is 486. The van der Waals surface area contributed by atoms with Gasteiger partial charge in [-0.15, -0.1) is 11.3 Å². The van der Waals surface area contributed by atoms with E-state index in [2.05, 4.69) is 21.6 Å². The molecule has 0 bridgehead atoms. The summed E-state index contributed by atoms with van der Waals surface area (Å²) in [4.78, 5) is 1.15. The first-order chi connectivity index (χ1) is 7.88. The van der Waals surface area contributed by atoms with Crippen molar-refractivity contribution >= 4 is 11.3 Å². The predicted octanol–water partition coefficient (Wildman–Crippen LogP) is 1.70. The van der Waals surface area contributed by atoms with Gasteiger partial charge in [0.25, 0.3) is 0 Å². The number of aromatic nitrogens is 2. The monoisotopic (exact) mass is 230 g/mol. The minimum atomic E-state index is 0.688. The van der Waals surface area contributed by atoms with E-state index in [1.807, 2.05) is 23.6 Å². The maximum absolute atomic E-state index is 8.67. The Balaban J connectivity index is 1.83. The fraction of sp³-hybridized carbons (Fsp3) is 0.182. The Labute approximate surface area is 97.6 Å². The molecule has 0 aliphatic rings. The van der Waals surface area contributed by atoms with E-state index < -0.39 is 0 Å². The number of hydrogen-bond acceptors (Lipinski definition) is 5. The van der Waals surface area contributed by atoms with E-state index in [1.165, 1.54) is 0 Å². The molecule has 5 heteroatoms. The molecule has 2 aromatic heterocycles. The molecule has 1 N–H and O–H groups in total. The zero-order valence-corrected chi connectivity index (χ0v) is 9.37. The lowest BCUT2D eigenvalue weighted by molar-refractivity contribution is 0.676. The quantitative estimate of drug-likeness (QED) is 0.868. The lowest BCUT2D eigenvalue weighted by Crippen LogP contribution is -2.13. The van der Waals surface area contributed by atoms with Gasteiger partial charge in [0.1, 0.15) is 6.07 Å². The SMILES string of the molecule is N#Cc1csc(CNCc2cccnn2)c1. The number of hydrogen-bond donors (Lipinski definition) is 1. The second-order valence-electron chi connectivity index (χ2n) is 3.23. The molecule has 0 saturated heterocycles. The second kappa shape index (κ2) is 5.35. The van der Waals surface area contributed by atoms with Crippen molar-refractivity contribution in [3.05, 3.63) is 45.9 Å². The fourth-order valence-electron chi connectivity index (χ4n) is 1.27. The number of thiophene rings is 1. The average molecular weight is 230 g/mol. The zero-order chi connectivity index (χ0) is 11.2. The van der Waals surface area contributed by atoms with Gasteiger partial charge in [0.15, 0.2) is 0 Å². The highest BCUT2D eigenvalue weighted by molar-refractivity contribution is 7.10. The molecule has 0 amide bonds. The molecule has 80 valence electrons. The summed E-state index contributed by atoms with van der Waals surface area (Å²) in [7, 11) is 0. The van der Waals surface area contributed by atoms with Crippen molar-refractivity contribution in [3.63, 3.8) is 0 Å². The molecule has 0 spiro atoms. The van der Waals surface area contributed by atoms with Crippen LogP contribution in [0.3, 0.4) is 0 Å². The standard InChI is InChI=1S/C11H10N4S/c12-5-9-4-11(16-8-9)7-13-6-10-2-1-3-14-15-10/h1-4,8,13H,6-7H2. The molecule has 4 nitrogen and oxygen atoms in total. The van der Waals surface area contributed by atoms with Gasteiger partial charge in [-0.3, -0.25) is 0 Å². The molecule has 0 radical (unpaired) electrons. The van der Waals surface area contributed by atoms with E-state index in [0.717, 1.165) is 22.7 Å². The van der Waals surface area contributed by atoms with Gasteiger partial charge in [0.2, 0.25) is 0 Å². The van der Waals surface area contributed by atoms with Crippen LogP contribution in [0.2, 0.25) is 0 Å². The number of nitrogens with one attached hydrogen (secondary N) is 1. The van der Waals surface area contributed by atoms with E-state index >= 15 is 0 Å². The van der Waals surface area contributed by atoms with Crippen LogP contribution in [0.4, 0.5) is 0 Å². The first-order valence-electron chi connectivity index (χ1n) is 4.83. The first-order valence-corrected chi connectivity index (χ1v) is 5.71. The van der Waals surface area contributed by atoms with Crippen molar-refractivity contribution in [2.45, 2.75) is 13.1 Å². The molecule has 2 heterocycles. The Morgan fingerprint density at radius 2 is 2.38 bits per heavy atom. The molecular weight excluding hydrogens is 220 g/mol. The van der Waals surface area contributed by atoms with Gasteiger partial charge in [-0.2, -0.15) is 15.5 Å². The van der Waals surface area contributed by atoms with E-state index in [1.54, 1.807) is 17.5 Å². The van der Waals surface area contributed by atoms with Gasteiger partial charge in [0.05, 0.1) is 11.3 Å². The molecule has 0 fully saturated rings. The molecule has 2 rings (SSSR count). The van der Waals surface area contributed by atoms with Crippen molar-refractivity contribution < 1.29 is 0 Å². The summed E-state index contributed by atoms with van der Waals surface area (Å²) >= 11 is 1.59. The van der Waals surface area contributed by atoms with E-state index in [0.29, 0.717) is 6.54 Å². The van der Waals surface area contributed by atoms with Gasteiger partial charge < -0.3 is 5.32 Å². The Morgan fingerprint density at radius 1 is 1.44 bits per heavy atom. The summed E-state index contributed by atoms with van der Waals surface area (Å²) in [6.45, 7) is 1.44. The molecule has 16 heavy (non-hydrogen) atoms. The van der Waals surface area contributed by atoms with Gasteiger partial charge in [-0.25, -0.2) is 0 Å². The van der Waals surface area contributed by atoms with Crippen LogP contribution in [-0.2, 0) is 13.1 Å². The lowest BCUT2D eigenvalue weighted by Gasteiger charge is -2.00. The van der Waals surface area contributed by atoms with E-state index in [9.17, 15) is 0 Å². The predicted molar refractivity (Wildman–Crippen MR) is 61.6 cm³/mol. The van der Waals surface area contributed by atoms with E-state index in [-0.39, 0.29) is 0 Å². The van der Waals surface area contributed by atoms with Crippen molar-refractivity contribution in [2.24, 2.45) is 0 Å². The summed E-state index contributed by atoms with van der Waals surface area (Å²) in [5, 5.41) is 21.6. The third-order valence-corrected chi connectivity index (χ3v) is 2.95. The van der Waals surface area contributed by atoms with Crippen molar-refractivity contribution in [2.75, 3.05) is 0 Å². The molecule has 0 aromatic carbocycles. The van der Waals surface area contributed by atoms with Gasteiger partial charge in [0, 0.05) is 29.5 Å². The third-order valence-electron chi connectivity index (χ3n) is 2.02. The Hall–Kier alpha value is -1.77. The van der Waals surface area contributed by atoms with Crippen LogP contribution in [0, 0.1) is 11.3 Å². The van der Waals surface area contributed by atoms with Crippen LogP contribution in [0.1, 0.15) is 16.1 Å². The summed E-state index contributed by atoms with van der Waals surface area (Å²) in [6, 6.07) is 7.80. The minimum absolute atomic E-state index is 0.688. The van der Waals surface area contributed by atoms with Gasteiger partial charge in [-0.1, -0.05) is 0 Å². The van der Waals surface area contributed by atoms with Crippen LogP contribution >= 0.6 is 11.3 Å². The van der Waals surface area contributed by atoms with Crippen LogP contribution in [0.25, 0.3) is 0 Å². The van der Waals surface area contributed by atoms with Crippen LogP contribution in [0.15, 0.2) is 29.8 Å². The number of rotatable bonds is 4. The highest BCUT2D eigenvalue weighted by Crippen LogP contribution is 2.13. The molecule has 0 aliphatic heterocycles. The summed E-state index contributed by atoms with van der Waals surface area (Å²) in [5.74, 6) is 0. The Morgan fingerprint density at radius 3 is 3.06 bits per heavy atom. The summed E-state index contributed by atoms with van der Waals surface area (Å²) in [6.07, 6.45) is 1.65. The molecule has 0 saturated carbocycles. The molecule has 0 atom stereocenters. The maximum Gasteiger partial charge on any atom is 0.100 e. The normalized spacial score (nSPS) is 9.94. The minimum Gasteiger partial charge on any atom is -0.306 e. The van der Waals surface area contributed by atoms with Crippen molar-refractivity contribution in [1.82, 2.24) is 15.5 Å². The van der Waals surface area contributed by atoms with Crippen LogP contribution < -0.4 is 5.32 Å². The first kappa shape index (κ1) is 10.7. The molecule has 0 aliphatic carbocycles. The van der Waals surface area contributed by atoms with Crippen LogP contribution in [-0.4, -0.2) is 10.2 Å². The van der Waals surface area contributed by atoms with Gasteiger partial charge in [-0.05, 0) is 18.2 Å². The third kappa shape index (κ3) is 2.86.